The highest BCUT2D eigenvalue weighted by molar-refractivity contribution is 6.07. The Kier molecular flexibility index (Phi) is 5.21. The van der Waals surface area contributed by atoms with Crippen molar-refractivity contribution in [2.24, 2.45) is 5.92 Å². The van der Waals surface area contributed by atoms with Crippen LogP contribution in [0, 0.1) is 12.8 Å². The van der Waals surface area contributed by atoms with Crippen LogP contribution in [0.4, 0.5) is 0 Å². The van der Waals surface area contributed by atoms with Crippen LogP contribution in [-0.4, -0.2) is 24.5 Å². The van der Waals surface area contributed by atoms with Crippen molar-refractivity contribution in [3.05, 3.63) is 59.7 Å². The topological polar surface area (TPSA) is 51.2 Å². The molecule has 0 aliphatic heterocycles. The van der Waals surface area contributed by atoms with Gasteiger partial charge in [-0.2, -0.15) is 0 Å². The number of rotatable bonds is 5. The number of pyridine rings is 1. The molecule has 3 aromatic rings. The van der Waals surface area contributed by atoms with Gasteiger partial charge in [-0.3, -0.25) is 4.79 Å². The van der Waals surface area contributed by atoms with E-state index in [9.17, 15) is 4.79 Å². The molecule has 0 spiro atoms. The SMILES string of the molecule is COc1ccc(-c2cc(C(=O)NCC(C)C)c3cc(C)ccc3n2)cc1. The first-order chi connectivity index (χ1) is 12.5. The number of amides is 1. The van der Waals surface area contributed by atoms with E-state index in [-0.39, 0.29) is 5.91 Å². The quantitative estimate of drug-likeness (QED) is 0.733. The number of methoxy groups -OCH3 is 1. The summed E-state index contributed by atoms with van der Waals surface area (Å²) in [6, 6.07) is 15.6. The summed E-state index contributed by atoms with van der Waals surface area (Å²) in [7, 11) is 1.64. The van der Waals surface area contributed by atoms with E-state index < -0.39 is 0 Å². The highest BCUT2D eigenvalue weighted by atomic mass is 16.5. The lowest BCUT2D eigenvalue weighted by Gasteiger charge is -2.12. The van der Waals surface area contributed by atoms with Crippen LogP contribution >= 0.6 is 0 Å². The summed E-state index contributed by atoms with van der Waals surface area (Å²) >= 11 is 0. The molecule has 4 heteroatoms. The number of ether oxygens (including phenoxy) is 1. The third-order valence-electron chi connectivity index (χ3n) is 4.27. The Labute approximate surface area is 154 Å². The zero-order chi connectivity index (χ0) is 18.7. The minimum absolute atomic E-state index is 0.0635. The summed E-state index contributed by atoms with van der Waals surface area (Å²) in [6.07, 6.45) is 0. The summed E-state index contributed by atoms with van der Waals surface area (Å²) in [5.74, 6) is 1.13. The summed E-state index contributed by atoms with van der Waals surface area (Å²) in [6.45, 7) is 6.83. The van der Waals surface area contributed by atoms with Gasteiger partial charge in [-0.05, 0) is 55.3 Å². The predicted molar refractivity (Wildman–Crippen MR) is 106 cm³/mol. The van der Waals surface area contributed by atoms with E-state index in [1.165, 1.54) is 0 Å². The second-order valence-corrected chi connectivity index (χ2v) is 6.91. The van der Waals surface area contributed by atoms with Crippen LogP contribution in [0.5, 0.6) is 5.75 Å². The average Bonchev–Trinajstić information content (AvgIpc) is 2.65. The Bertz CT molecular complexity index is 931. The Hall–Kier alpha value is -2.88. The summed E-state index contributed by atoms with van der Waals surface area (Å²) < 4.78 is 5.22. The van der Waals surface area contributed by atoms with Gasteiger partial charge in [-0.15, -0.1) is 0 Å². The van der Waals surface area contributed by atoms with E-state index in [1.807, 2.05) is 55.5 Å². The minimum Gasteiger partial charge on any atom is -0.497 e. The van der Waals surface area contributed by atoms with Crippen molar-refractivity contribution in [2.45, 2.75) is 20.8 Å². The summed E-state index contributed by atoms with van der Waals surface area (Å²) in [5, 5.41) is 3.90. The third-order valence-corrected chi connectivity index (χ3v) is 4.27. The molecule has 0 radical (unpaired) electrons. The lowest BCUT2D eigenvalue weighted by Crippen LogP contribution is -2.27. The van der Waals surface area contributed by atoms with Crippen molar-refractivity contribution >= 4 is 16.8 Å². The first-order valence-corrected chi connectivity index (χ1v) is 8.82. The molecular formula is C22H24N2O2. The van der Waals surface area contributed by atoms with Crippen molar-refractivity contribution in [1.29, 1.82) is 0 Å². The van der Waals surface area contributed by atoms with Gasteiger partial charge >= 0.3 is 0 Å². The van der Waals surface area contributed by atoms with Gasteiger partial charge in [0.2, 0.25) is 0 Å². The van der Waals surface area contributed by atoms with Gasteiger partial charge in [0.1, 0.15) is 5.75 Å². The maximum atomic E-state index is 12.8. The fraction of sp³-hybridized carbons (Fsp3) is 0.273. The largest absolute Gasteiger partial charge is 0.497 e. The molecule has 26 heavy (non-hydrogen) atoms. The molecule has 0 aliphatic carbocycles. The van der Waals surface area contributed by atoms with Crippen LogP contribution in [0.15, 0.2) is 48.5 Å². The molecule has 0 fully saturated rings. The lowest BCUT2D eigenvalue weighted by atomic mass is 10.0. The van der Waals surface area contributed by atoms with Gasteiger partial charge in [-0.1, -0.05) is 25.5 Å². The van der Waals surface area contributed by atoms with E-state index in [2.05, 4.69) is 19.2 Å². The molecule has 3 rings (SSSR count). The molecule has 134 valence electrons. The third kappa shape index (κ3) is 3.85. The number of carbonyl (C=O) groups is 1. The van der Waals surface area contributed by atoms with E-state index in [1.54, 1.807) is 7.11 Å². The van der Waals surface area contributed by atoms with Crippen LogP contribution in [0.3, 0.4) is 0 Å². The molecular weight excluding hydrogens is 324 g/mol. The Morgan fingerprint density at radius 3 is 2.50 bits per heavy atom. The van der Waals surface area contributed by atoms with Gasteiger partial charge in [0.15, 0.2) is 0 Å². The van der Waals surface area contributed by atoms with Crippen LogP contribution in [0.25, 0.3) is 22.2 Å². The Morgan fingerprint density at radius 2 is 1.85 bits per heavy atom. The second-order valence-electron chi connectivity index (χ2n) is 6.91. The van der Waals surface area contributed by atoms with Crippen molar-refractivity contribution in [1.82, 2.24) is 10.3 Å². The Morgan fingerprint density at radius 1 is 1.12 bits per heavy atom. The molecule has 1 aromatic heterocycles. The molecule has 0 saturated heterocycles. The molecule has 4 nitrogen and oxygen atoms in total. The smallest absolute Gasteiger partial charge is 0.252 e. The summed E-state index contributed by atoms with van der Waals surface area (Å²) in [5.41, 5.74) is 4.31. The number of nitrogens with zero attached hydrogens (tertiary/aromatic N) is 1. The average molecular weight is 348 g/mol. The van der Waals surface area contributed by atoms with Crippen molar-refractivity contribution in [2.75, 3.05) is 13.7 Å². The first-order valence-electron chi connectivity index (χ1n) is 8.82. The number of fused-ring (bicyclic) bond motifs is 1. The normalized spacial score (nSPS) is 11.0. The molecule has 1 N–H and O–H groups in total. The van der Waals surface area contributed by atoms with Crippen LogP contribution in [0.2, 0.25) is 0 Å². The number of hydrogen-bond acceptors (Lipinski definition) is 3. The van der Waals surface area contributed by atoms with Crippen molar-refractivity contribution in [3.63, 3.8) is 0 Å². The minimum atomic E-state index is -0.0635. The molecule has 2 aromatic carbocycles. The molecule has 0 saturated carbocycles. The number of carbonyl (C=O) groups excluding carboxylic acids is 1. The second kappa shape index (κ2) is 7.56. The lowest BCUT2D eigenvalue weighted by molar-refractivity contribution is 0.0950. The number of aromatic nitrogens is 1. The number of hydrogen-bond donors (Lipinski definition) is 1. The van der Waals surface area contributed by atoms with Crippen LogP contribution in [-0.2, 0) is 0 Å². The van der Waals surface area contributed by atoms with Crippen molar-refractivity contribution in [3.8, 4) is 17.0 Å². The standard InChI is InChI=1S/C22H24N2O2/c1-14(2)13-23-22(25)19-12-21(16-6-8-17(26-4)9-7-16)24-20-10-5-15(3)11-18(19)20/h5-12,14H,13H2,1-4H3,(H,23,25). The fourth-order valence-corrected chi connectivity index (χ4v) is 2.83. The first kappa shape index (κ1) is 17.9. The number of aryl methyl sites for hydroxylation is 1. The van der Waals surface area contributed by atoms with E-state index in [4.69, 9.17) is 9.72 Å². The van der Waals surface area contributed by atoms with E-state index in [0.717, 1.165) is 33.5 Å². The van der Waals surface area contributed by atoms with E-state index in [0.29, 0.717) is 18.0 Å². The highest BCUT2D eigenvalue weighted by Crippen LogP contribution is 2.27. The van der Waals surface area contributed by atoms with Crippen LogP contribution in [0.1, 0.15) is 29.8 Å². The molecule has 0 aliphatic rings. The molecule has 0 unspecified atom stereocenters. The van der Waals surface area contributed by atoms with Gasteiger partial charge in [-0.25, -0.2) is 4.98 Å². The molecule has 1 heterocycles. The highest BCUT2D eigenvalue weighted by Gasteiger charge is 2.14. The molecule has 1 amide bonds. The molecule has 0 bridgehead atoms. The maximum Gasteiger partial charge on any atom is 0.252 e. The summed E-state index contributed by atoms with van der Waals surface area (Å²) in [4.78, 5) is 17.6. The maximum absolute atomic E-state index is 12.8. The Balaban J connectivity index is 2.10. The van der Waals surface area contributed by atoms with Crippen molar-refractivity contribution < 1.29 is 9.53 Å². The fourth-order valence-electron chi connectivity index (χ4n) is 2.83. The number of nitrogens with one attached hydrogen (secondary N) is 1. The van der Waals surface area contributed by atoms with Crippen LogP contribution < -0.4 is 10.1 Å². The van der Waals surface area contributed by atoms with Gasteiger partial charge in [0.05, 0.1) is 23.9 Å². The van der Waals surface area contributed by atoms with Gasteiger partial charge in [0.25, 0.3) is 5.91 Å². The van der Waals surface area contributed by atoms with E-state index >= 15 is 0 Å². The van der Waals surface area contributed by atoms with Gasteiger partial charge in [0, 0.05) is 17.5 Å². The molecule has 0 atom stereocenters. The number of benzene rings is 2. The monoisotopic (exact) mass is 348 g/mol. The zero-order valence-electron chi connectivity index (χ0n) is 15.7. The van der Waals surface area contributed by atoms with Gasteiger partial charge < -0.3 is 10.1 Å². The predicted octanol–water partition coefficient (Wildman–Crippen LogP) is 4.60. The zero-order valence-corrected chi connectivity index (χ0v) is 15.7.